The molecule has 0 bridgehead atoms. The molecule has 1 rings (SSSR count). The highest BCUT2D eigenvalue weighted by molar-refractivity contribution is 7.86. The molecule has 1 N–H and O–H groups in total. The summed E-state index contributed by atoms with van der Waals surface area (Å²) < 4.78 is 30.7. The van der Waals surface area contributed by atoms with E-state index in [1.165, 1.54) is 12.4 Å². The second-order valence-electron chi connectivity index (χ2n) is 2.69. The van der Waals surface area contributed by atoms with Crippen LogP contribution in [-0.2, 0) is 10.1 Å². The maximum Gasteiger partial charge on any atom is 0.271 e. The van der Waals surface area contributed by atoms with Crippen LogP contribution in [0.2, 0.25) is 0 Å². The first-order valence-electron chi connectivity index (χ1n) is 3.92. The number of hydrogen-bond donors (Lipinski definition) is 1. The van der Waals surface area contributed by atoms with E-state index in [1.54, 1.807) is 19.1 Å². The molecule has 1 aromatic heterocycles. The maximum absolute atomic E-state index is 10.9. The zero-order valence-electron chi connectivity index (χ0n) is 7.21. The lowest BCUT2D eigenvalue weighted by Crippen LogP contribution is -2.10. The molecule has 0 aliphatic heterocycles. The monoisotopic (exact) mass is 201 g/mol. The van der Waals surface area contributed by atoms with Crippen molar-refractivity contribution in [2.24, 2.45) is 0 Å². The first-order chi connectivity index (χ1) is 6.05. The molecule has 0 saturated carbocycles. The average Bonchev–Trinajstić information content (AvgIpc) is 2.05. The SMILES string of the molecule is CCC(c1ccncc1)S(=O)(=O)O. The fourth-order valence-corrected chi connectivity index (χ4v) is 2.12. The van der Waals surface area contributed by atoms with Gasteiger partial charge in [-0.05, 0) is 24.1 Å². The molecule has 0 aliphatic rings. The highest BCUT2D eigenvalue weighted by Gasteiger charge is 2.22. The van der Waals surface area contributed by atoms with Crippen LogP contribution in [0.3, 0.4) is 0 Å². The van der Waals surface area contributed by atoms with Gasteiger partial charge in [-0.3, -0.25) is 9.54 Å². The van der Waals surface area contributed by atoms with Gasteiger partial charge in [-0.2, -0.15) is 8.42 Å². The Kier molecular flexibility index (Phi) is 3.00. The average molecular weight is 201 g/mol. The maximum atomic E-state index is 10.9. The lowest BCUT2D eigenvalue weighted by Gasteiger charge is -2.10. The van der Waals surface area contributed by atoms with Crippen LogP contribution in [0.4, 0.5) is 0 Å². The van der Waals surface area contributed by atoms with Crippen molar-refractivity contribution >= 4 is 10.1 Å². The van der Waals surface area contributed by atoms with Crippen LogP contribution >= 0.6 is 0 Å². The second-order valence-corrected chi connectivity index (χ2v) is 4.29. The fourth-order valence-electron chi connectivity index (χ4n) is 1.20. The molecule has 0 radical (unpaired) electrons. The second kappa shape index (κ2) is 3.85. The Morgan fingerprint density at radius 1 is 1.46 bits per heavy atom. The Morgan fingerprint density at radius 3 is 2.38 bits per heavy atom. The molecule has 1 aromatic rings. The van der Waals surface area contributed by atoms with Gasteiger partial charge in [0.05, 0.1) is 0 Å². The number of hydrogen-bond acceptors (Lipinski definition) is 3. The first-order valence-corrected chi connectivity index (χ1v) is 5.42. The van der Waals surface area contributed by atoms with Crippen molar-refractivity contribution in [1.29, 1.82) is 0 Å². The molecule has 1 heterocycles. The van der Waals surface area contributed by atoms with Crippen LogP contribution < -0.4 is 0 Å². The summed E-state index contributed by atoms with van der Waals surface area (Å²) in [4.78, 5) is 3.77. The Bertz CT molecular complexity index is 360. The van der Waals surface area contributed by atoms with Gasteiger partial charge >= 0.3 is 0 Å². The number of aromatic nitrogens is 1. The molecule has 0 fully saturated rings. The molecule has 5 heteroatoms. The van der Waals surface area contributed by atoms with Gasteiger partial charge in [-0.1, -0.05) is 6.92 Å². The van der Waals surface area contributed by atoms with Gasteiger partial charge in [-0.25, -0.2) is 0 Å². The first kappa shape index (κ1) is 10.1. The van der Waals surface area contributed by atoms with E-state index in [1.807, 2.05) is 0 Å². The normalized spacial score (nSPS) is 14.0. The summed E-state index contributed by atoms with van der Waals surface area (Å²) in [5.41, 5.74) is 0.569. The summed E-state index contributed by atoms with van der Waals surface area (Å²) in [6, 6.07) is 3.17. The van der Waals surface area contributed by atoms with Crippen molar-refractivity contribution in [1.82, 2.24) is 4.98 Å². The Morgan fingerprint density at radius 2 is 2.00 bits per heavy atom. The fraction of sp³-hybridized carbons (Fsp3) is 0.375. The minimum absolute atomic E-state index is 0.350. The number of nitrogens with zero attached hydrogens (tertiary/aromatic N) is 1. The van der Waals surface area contributed by atoms with Crippen molar-refractivity contribution in [3.8, 4) is 0 Å². The van der Waals surface area contributed by atoms with Gasteiger partial charge in [0.2, 0.25) is 0 Å². The topological polar surface area (TPSA) is 67.3 Å². The van der Waals surface area contributed by atoms with Crippen molar-refractivity contribution in [3.63, 3.8) is 0 Å². The summed E-state index contributed by atoms with van der Waals surface area (Å²) in [5.74, 6) is 0. The van der Waals surface area contributed by atoms with E-state index in [2.05, 4.69) is 4.98 Å². The molecule has 0 saturated heterocycles. The largest absolute Gasteiger partial charge is 0.285 e. The van der Waals surface area contributed by atoms with Crippen LogP contribution in [0.1, 0.15) is 24.2 Å². The van der Waals surface area contributed by atoms with Crippen molar-refractivity contribution in [2.45, 2.75) is 18.6 Å². The van der Waals surface area contributed by atoms with E-state index in [0.717, 1.165) is 0 Å². The molecule has 1 unspecified atom stereocenters. The molecule has 1 atom stereocenters. The lowest BCUT2D eigenvalue weighted by molar-refractivity contribution is 0.466. The summed E-state index contributed by atoms with van der Waals surface area (Å²) in [6.07, 6.45) is 3.36. The quantitative estimate of drug-likeness (QED) is 0.751. The minimum Gasteiger partial charge on any atom is -0.285 e. The van der Waals surface area contributed by atoms with Crippen LogP contribution in [0.15, 0.2) is 24.5 Å². The highest BCUT2D eigenvalue weighted by Crippen LogP contribution is 2.23. The van der Waals surface area contributed by atoms with Crippen LogP contribution in [-0.4, -0.2) is 18.0 Å². The number of pyridine rings is 1. The third kappa shape index (κ3) is 2.50. The smallest absolute Gasteiger partial charge is 0.271 e. The van der Waals surface area contributed by atoms with Crippen LogP contribution in [0, 0.1) is 0 Å². The predicted octanol–water partition coefficient (Wildman–Crippen LogP) is 1.42. The summed E-state index contributed by atoms with van der Waals surface area (Å²) in [6.45, 7) is 1.71. The van der Waals surface area contributed by atoms with Gasteiger partial charge in [0.15, 0.2) is 0 Å². The molecule has 72 valence electrons. The third-order valence-corrected chi connectivity index (χ3v) is 3.13. The standard InChI is InChI=1S/C8H11NO3S/c1-2-8(13(10,11)12)7-3-5-9-6-4-7/h3-6,8H,2H2,1H3,(H,10,11,12). The Labute approximate surface area is 77.4 Å². The van der Waals surface area contributed by atoms with E-state index < -0.39 is 15.4 Å². The zero-order valence-corrected chi connectivity index (χ0v) is 8.03. The summed E-state index contributed by atoms with van der Waals surface area (Å²) in [5, 5.41) is -0.838. The van der Waals surface area contributed by atoms with Crippen LogP contribution in [0.25, 0.3) is 0 Å². The lowest BCUT2D eigenvalue weighted by atomic mass is 10.1. The predicted molar refractivity (Wildman–Crippen MR) is 48.8 cm³/mol. The third-order valence-electron chi connectivity index (χ3n) is 1.81. The molecule has 4 nitrogen and oxygen atoms in total. The van der Waals surface area contributed by atoms with E-state index in [4.69, 9.17) is 4.55 Å². The number of rotatable bonds is 3. The molecular weight excluding hydrogens is 190 g/mol. The molecule has 13 heavy (non-hydrogen) atoms. The van der Waals surface area contributed by atoms with Crippen LogP contribution in [0.5, 0.6) is 0 Å². The van der Waals surface area contributed by atoms with Gasteiger partial charge in [0.1, 0.15) is 5.25 Å². The highest BCUT2D eigenvalue weighted by atomic mass is 32.2. The van der Waals surface area contributed by atoms with E-state index in [9.17, 15) is 8.42 Å². The minimum atomic E-state index is -4.00. The van der Waals surface area contributed by atoms with E-state index in [-0.39, 0.29) is 0 Å². The Hall–Kier alpha value is -0.940. The van der Waals surface area contributed by atoms with Gasteiger partial charge < -0.3 is 0 Å². The van der Waals surface area contributed by atoms with Crippen molar-refractivity contribution < 1.29 is 13.0 Å². The molecule has 0 amide bonds. The molecule has 0 aliphatic carbocycles. The summed E-state index contributed by atoms with van der Waals surface area (Å²) >= 11 is 0. The van der Waals surface area contributed by atoms with E-state index in [0.29, 0.717) is 12.0 Å². The summed E-state index contributed by atoms with van der Waals surface area (Å²) in [7, 11) is -4.00. The molecule has 0 spiro atoms. The van der Waals surface area contributed by atoms with Crippen molar-refractivity contribution in [3.05, 3.63) is 30.1 Å². The Balaban J connectivity index is 3.06. The van der Waals surface area contributed by atoms with Gasteiger partial charge in [-0.15, -0.1) is 0 Å². The molecule has 0 aromatic carbocycles. The van der Waals surface area contributed by atoms with E-state index >= 15 is 0 Å². The zero-order chi connectivity index (χ0) is 9.90. The van der Waals surface area contributed by atoms with Crippen molar-refractivity contribution in [2.75, 3.05) is 0 Å². The van der Waals surface area contributed by atoms with Gasteiger partial charge in [0, 0.05) is 12.4 Å². The molecular formula is C8H11NO3S. The van der Waals surface area contributed by atoms with Gasteiger partial charge in [0.25, 0.3) is 10.1 Å².